The molecule has 1 aliphatic heterocycles. The summed E-state index contributed by atoms with van der Waals surface area (Å²) in [6.07, 6.45) is 3.01. The molecule has 1 aliphatic rings. The molecule has 1 fully saturated rings. The molecule has 1 saturated heterocycles. The van der Waals surface area contributed by atoms with E-state index >= 15 is 0 Å². The maximum Gasteiger partial charge on any atom is 0.414 e. The minimum atomic E-state index is -0.400. The second kappa shape index (κ2) is 3.94. The van der Waals surface area contributed by atoms with Crippen molar-refractivity contribution < 1.29 is 14.6 Å². The summed E-state index contributed by atoms with van der Waals surface area (Å²) < 4.78 is 6.93. The van der Waals surface area contributed by atoms with Crippen molar-refractivity contribution in [3.05, 3.63) is 18.5 Å². The van der Waals surface area contributed by atoms with Crippen molar-refractivity contribution in [2.45, 2.75) is 19.6 Å². The molecule has 5 nitrogen and oxygen atoms in total. The summed E-state index contributed by atoms with van der Waals surface area (Å²) >= 11 is 0. The summed E-state index contributed by atoms with van der Waals surface area (Å²) in [5.74, 6) is 0. The van der Waals surface area contributed by atoms with E-state index in [1.54, 1.807) is 0 Å². The minimum absolute atomic E-state index is 0.128. The van der Waals surface area contributed by atoms with Crippen LogP contribution >= 0.6 is 0 Å². The number of rotatable bonds is 3. The Hall–Kier alpha value is -1.49. The van der Waals surface area contributed by atoms with Crippen LogP contribution in [0.15, 0.2) is 18.5 Å². The Labute approximate surface area is 87.9 Å². The number of cyclic esters (lactones) is 1. The zero-order chi connectivity index (χ0) is 10.8. The molecule has 1 N–H and O–H groups in total. The molecule has 0 bridgehead atoms. The first kappa shape index (κ1) is 10.0. The largest absolute Gasteiger partial charge is 0.441 e. The van der Waals surface area contributed by atoms with Crippen LogP contribution in [-0.4, -0.2) is 35.0 Å². The molecule has 1 amide bonds. The first-order chi connectivity index (χ1) is 7.24. The molecule has 5 heteroatoms. The number of amides is 1. The molecule has 15 heavy (non-hydrogen) atoms. The second-order valence-electron chi connectivity index (χ2n) is 3.50. The van der Waals surface area contributed by atoms with E-state index in [9.17, 15) is 4.79 Å². The van der Waals surface area contributed by atoms with Crippen molar-refractivity contribution >= 4 is 11.8 Å². The Kier molecular flexibility index (Phi) is 2.64. The van der Waals surface area contributed by atoms with Crippen molar-refractivity contribution in [1.82, 2.24) is 4.57 Å². The van der Waals surface area contributed by atoms with Crippen molar-refractivity contribution in [2.75, 3.05) is 18.1 Å². The van der Waals surface area contributed by atoms with Gasteiger partial charge >= 0.3 is 6.09 Å². The normalized spacial score (nSPS) is 20.8. The first-order valence-electron chi connectivity index (χ1n) is 4.99. The highest BCUT2D eigenvalue weighted by Crippen LogP contribution is 2.21. The number of hydrogen-bond acceptors (Lipinski definition) is 3. The Balaban J connectivity index is 2.14. The van der Waals surface area contributed by atoms with E-state index in [1.165, 1.54) is 4.90 Å². The molecule has 2 heterocycles. The fraction of sp³-hybridized carbons (Fsp3) is 0.500. The minimum Gasteiger partial charge on any atom is -0.441 e. The van der Waals surface area contributed by atoms with Crippen LogP contribution < -0.4 is 4.90 Å². The lowest BCUT2D eigenvalue weighted by molar-refractivity contribution is 0.0963. The topological polar surface area (TPSA) is 54.7 Å². The summed E-state index contributed by atoms with van der Waals surface area (Å²) in [6, 6.07) is 1.87. The molecule has 0 unspecified atom stereocenters. The van der Waals surface area contributed by atoms with E-state index in [-0.39, 0.29) is 12.7 Å². The zero-order valence-corrected chi connectivity index (χ0v) is 8.59. The van der Waals surface area contributed by atoms with E-state index in [1.807, 2.05) is 30.0 Å². The molecule has 0 radical (unpaired) electrons. The monoisotopic (exact) mass is 210 g/mol. The lowest BCUT2D eigenvalue weighted by Gasteiger charge is -2.09. The third-order valence-corrected chi connectivity index (χ3v) is 2.49. The van der Waals surface area contributed by atoms with Crippen LogP contribution in [0.1, 0.15) is 6.92 Å². The Morgan fingerprint density at radius 1 is 1.67 bits per heavy atom. The van der Waals surface area contributed by atoms with Crippen LogP contribution in [0.4, 0.5) is 10.5 Å². The quantitative estimate of drug-likeness (QED) is 0.803. The molecule has 0 saturated carbocycles. The van der Waals surface area contributed by atoms with Gasteiger partial charge in [-0.3, -0.25) is 4.90 Å². The lowest BCUT2D eigenvalue weighted by atomic mass is 10.3. The van der Waals surface area contributed by atoms with Gasteiger partial charge in [-0.1, -0.05) is 0 Å². The number of aliphatic hydroxyl groups is 1. The average molecular weight is 210 g/mol. The highest BCUT2D eigenvalue weighted by Gasteiger charge is 2.32. The second-order valence-corrected chi connectivity index (χ2v) is 3.50. The zero-order valence-electron chi connectivity index (χ0n) is 8.59. The number of nitrogens with zero attached hydrogens (tertiary/aromatic N) is 2. The Morgan fingerprint density at radius 2 is 2.47 bits per heavy atom. The van der Waals surface area contributed by atoms with E-state index < -0.39 is 6.10 Å². The number of anilines is 1. The summed E-state index contributed by atoms with van der Waals surface area (Å²) in [7, 11) is 0. The molecule has 82 valence electrons. The van der Waals surface area contributed by atoms with E-state index in [0.29, 0.717) is 6.54 Å². The standard InChI is InChI=1S/C10H14N2O3/c1-2-11-4-3-8(5-11)12-6-9(7-13)15-10(12)14/h3-5,9,13H,2,6-7H2,1H3/t9-/m1/s1. The van der Waals surface area contributed by atoms with Gasteiger partial charge < -0.3 is 14.4 Å². The average Bonchev–Trinajstić information content (AvgIpc) is 2.83. The van der Waals surface area contributed by atoms with Crippen LogP contribution in [-0.2, 0) is 11.3 Å². The number of carbonyl (C=O) groups excluding carboxylic acids is 1. The van der Waals surface area contributed by atoms with Gasteiger partial charge in [0.25, 0.3) is 0 Å². The number of aryl methyl sites for hydroxylation is 1. The number of aromatic nitrogens is 1. The molecule has 2 rings (SSSR count). The van der Waals surface area contributed by atoms with Crippen molar-refractivity contribution in [3.8, 4) is 0 Å². The van der Waals surface area contributed by atoms with Crippen molar-refractivity contribution in [1.29, 1.82) is 0 Å². The van der Waals surface area contributed by atoms with Crippen LogP contribution in [0.5, 0.6) is 0 Å². The smallest absolute Gasteiger partial charge is 0.414 e. The fourth-order valence-electron chi connectivity index (χ4n) is 1.61. The van der Waals surface area contributed by atoms with Gasteiger partial charge in [-0.2, -0.15) is 0 Å². The van der Waals surface area contributed by atoms with Crippen LogP contribution in [0.3, 0.4) is 0 Å². The highest BCUT2D eigenvalue weighted by atomic mass is 16.6. The van der Waals surface area contributed by atoms with Crippen LogP contribution in [0.2, 0.25) is 0 Å². The molecule has 1 aromatic heterocycles. The number of carbonyl (C=O) groups is 1. The first-order valence-corrected chi connectivity index (χ1v) is 4.99. The van der Waals surface area contributed by atoms with Crippen molar-refractivity contribution in [2.24, 2.45) is 0 Å². The molecular formula is C10H14N2O3. The molecule has 1 atom stereocenters. The van der Waals surface area contributed by atoms with Crippen molar-refractivity contribution in [3.63, 3.8) is 0 Å². The van der Waals surface area contributed by atoms with Crippen LogP contribution in [0, 0.1) is 0 Å². The van der Waals surface area contributed by atoms with Gasteiger partial charge in [0.15, 0.2) is 0 Å². The third-order valence-electron chi connectivity index (χ3n) is 2.49. The Bertz CT molecular complexity index is 361. The SMILES string of the molecule is CCn1ccc(N2C[C@H](CO)OC2=O)c1. The number of ether oxygens (including phenoxy) is 1. The van der Waals surface area contributed by atoms with Gasteiger partial charge in [-0.05, 0) is 13.0 Å². The summed E-state index contributed by atoms with van der Waals surface area (Å²) in [6.45, 7) is 3.19. The van der Waals surface area contributed by atoms with E-state index in [4.69, 9.17) is 9.84 Å². The van der Waals surface area contributed by atoms with Gasteiger partial charge in [0.05, 0.1) is 18.8 Å². The van der Waals surface area contributed by atoms with Gasteiger partial charge in [0.1, 0.15) is 6.10 Å². The van der Waals surface area contributed by atoms with Gasteiger partial charge in [0.2, 0.25) is 0 Å². The van der Waals surface area contributed by atoms with E-state index in [0.717, 1.165) is 12.2 Å². The number of aliphatic hydroxyl groups excluding tert-OH is 1. The predicted octanol–water partition coefficient (Wildman–Crippen LogP) is 0.826. The summed E-state index contributed by atoms with van der Waals surface area (Å²) in [5, 5.41) is 8.89. The van der Waals surface area contributed by atoms with E-state index in [2.05, 4.69) is 0 Å². The highest BCUT2D eigenvalue weighted by molar-refractivity contribution is 5.89. The molecule has 0 aliphatic carbocycles. The van der Waals surface area contributed by atoms with Gasteiger partial charge in [0, 0.05) is 18.9 Å². The number of hydrogen-bond donors (Lipinski definition) is 1. The molecule has 0 aromatic carbocycles. The summed E-state index contributed by atoms with van der Waals surface area (Å²) in [4.78, 5) is 13.0. The fourth-order valence-corrected chi connectivity index (χ4v) is 1.61. The Morgan fingerprint density at radius 3 is 3.00 bits per heavy atom. The third kappa shape index (κ3) is 1.83. The predicted molar refractivity (Wildman–Crippen MR) is 54.8 cm³/mol. The molecule has 1 aromatic rings. The molecule has 0 spiro atoms. The maximum atomic E-state index is 11.4. The molecular weight excluding hydrogens is 196 g/mol. The maximum absolute atomic E-state index is 11.4. The lowest BCUT2D eigenvalue weighted by Crippen LogP contribution is -2.24. The van der Waals surface area contributed by atoms with Crippen LogP contribution in [0.25, 0.3) is 0 Å². The van der Waals surface area contributed by atoms with Gasteiger partial charge in [-0.15, -0.1) is 0 Å². The van der Waals surface area contributed by atoms with Gasteiger partial charge in [-0.25, -0.2) is 4.79 Å². The summed E-state index contributed by atoms with van der Waals surface area (Å²) in [5.41, 5.74) is 0.817.